The fourth-order valence-electron chi connectivity index (χ4n) is 2.36. The van der Waals surface area contributed by atoms with Crippen molar-refractivity contribution in [1.82, 2.24) is 10.1 Å². The molecule has 3 rings (SSSR count). The molecule has 6 nitrogen and oxygen atoms in total. The number of thioether (sulfide) groups is 1. The van der Waals surface area contributed by atoms with Crippen LogP contribution in [0.3, 0.4) is 0 Å². The summed E-state index contributed by atoms with van der Waals surface area (Å²) in [6, 6.07) is 9.73. The van der Waals surface area contributed by atoms with Crippen LogP contribution in [0.4, 0.5) is 10.1 Å². The number of carbonyl (C=O) groups excluding carboxylic acids is 1. The van der Waals surface area contributed by atoms with E-state index < -0.39 is 0 Å². The summed E-state index contributed by atoms with van der Waals surface area (Å²) in [5.41, 5.74) is 1.58. The van der Waals surface area contributed by atoms with Gasteiger partial charge in [0.25, 0.3) is 0 Å². The second-order valence-corrected chi connectivity index (χ2v) is 7.28. The highest BCUT2D eigenvalue weighted by Crippen LogP contribution is 2.28. The monoisotopic (exact) mass is 421 g/mol. The first-order chi connectivity index (χ1) is 13.5. The number of ether oxygens (including phenoxy) is 1. The van der Waals surface area contributed by atoms with E-state index in [1.807, 2.05) is 0 Å². The number of anilines is 1. The molecule has 0 atom stereocenters. The van der Waals surface area contributed by atoms with Gasteiger partial charge in [0, 0.05) is 10.6 Å². The molecule has 0 aliphatic rings. The summed E-state index contributed by atoms with van der Waals surface area (Å²) < 4.78 is 24.0. The van der Waals surface area contributed by atoms with Crippen LogP contribution < -0.4 is 10.1 Å². The summed E-state index contributed by atoms with van der Waals surface area (Å²) in [6.07, 6.45) is 0. The second kappa shape index (κ2) is 9.07. The lowest BCUT2D eigenvalue weighted by Gasteiger charge is -2.10. The molecule has 1 N–H and O–H groups in total. The molecule has 0 fully saturated rings. The molecule has 1 amide bonds. The van der Waals surface area contributed by atoms with Crippen molar-refractivity contribution >= 4 is 35.0 Å². The molecule has 0 aliphatic carbocycles. The maximum Gasteiger partial charge on any atom is 0.236 e. The van der Waals surface area contributed by atoms with Crippen molar-refractivity contribution in [3.05, 3.63) is 58.7 Å². The Labute approximate surface area is 170 Å². The van der Waals surface area contributed by atoms with Crippen molar-refractivity contribution in [1.29, 1.82) is 0 Å². The fraction of sp³-hybridized carbons (Fsp3) is 0.211. The molecule has 1 heterocycles. The van der Waals surface area contributed by atoms with E-state index in [4.69, 9.17) is 20.9 Å². The maximum atomic E-state index is 13.7. The van der Waals surface area contributed by atoms with Gasteiger partial charge in [0.05, 0.1) is 24.3 Å². The second-order valence-electron chi connectivity index (χ2n) is 5.86. The van der Waals surface area contributed by atoms with E-state index in [9.17, 15) is 9.18 Å². The van der Waals surface area contributed by atoms with Gasteiger partial charge in [-0.1, -0.05) is 28.9 Å². The third-order valence-corrected chi connectivity index (χ3v) is 4.94. The van der Waals surface area contributed by atoms with Gasteiger partial charge in [-0.3, -0.25) is 4.79 Å². The quantitative estimate of drug-likeness (QED) is 0.594. The maximum absolute atomic E-state index is 13.7. The predicted octanol–water partition coefficient (Wildman–Crippen LogP) is 4.72. The molecule has 0 saturated heterocycles. The number of halogens is 2. The van der Waals surface area contributed by atoms with Crippen LogP contribution >= 0.6 is 23.4 Å². The van der Waals surface area contributed by atoms with Crippen LogP contribution in [-0.4, -0.2) is 28.9 Å². The van der Waals surface area contributed by atoms with Crippen LogP contribution in [0.25, 0.3) is 11.4 Å². The van der Waals surface area contributed by atoms with Gasteiger partial charge in [-0.15, -0.1) is 11.8 Å². The van der Waals surface area contributed by atoms with Crippen LogP contribution in [0.1, 0.15) is 11.5 Å². The van der Waals surface area contributed by atoms with Crippen LogP contribution in [0.5, 0.6) is 5.75 Å². The number of aromatic nitrogens is 2. The zero-order valence-corrected chi connectivity index (χ0v) is 16.7. The minimum Gasteiger partial charge on any atom is -0.495 e. The molecule has 0 radical (unpaired) electrons. The van der Waals surface area contributed by atoms with E-state index in [2.05, 4.69) is 15.5 Å². The zero-order chi connectivity index (χ0) is 20.1. The zero-order valence-electron chi connectivity index (χ0n) is 15.2. The van der Waals surface area contributed by atoms with Crippen molar-refractivity contribution in [3.63, 3.8) is 0 Å². The van der Waals surface area contributed by atoms with E-state index in [0.29, 0.717) is 45.1 Å². The van der Waals surface area contributed by atoms with Gasteiger partial charge in [-0.25, -0.2) is 4.39 Å². The van der Waals surface area contributed by atoms with Gasteiger partial charge in [0.15, 0.2) is 0 Å². The van der Waals surface area contributed by atoms with Crippen LogP contribution in [0.15, 0.2) is 40.9 Å². The summed E-state index contributed by atoms with van der Waals surface area (Å²) in [5.74, 6) is 1.16. The summed E-state index contributed by atoms with van der Waals surface area (Å²) in [7, 11) is 1.51. The molecule has 2 aromatic carbocycles. The summed E-state index contributed by atoms with van der Waals surface area (Å²) >= 11 is 7.26. The summed E-state index contributed by atoms with van der Waals surface area (Å²) in [4.78, 5) is 16.4. The topological polar surface area (TPSA) is 77.2 Å². The standard InChI is InChI=1S/C19H17ClFN3O3S/c1-11-3-4-12(7-14(11)21)19-23-18(27-24-19)10-28-9-17(25)22-15-8-13(20)5-6-16(15)26-2/h3-8H,9-10H2,1-2H3,(H,22,25). The van der Waals surface area contributed by atoms with Crippen LogP contribution in [0, 0.1) is 12.7 Å². The number of hydrogen-bond donors (Lipinski definition) is 1. The van der Waals surface area contributed by atoms with Gasteiger partial charge in [-0.05, 0) is 36.8 Å². The van der Waals surface area contributed by atoms with Crippen molar-refractivity contribution in [3.8, 4) is 17.1 Å². The highest BCUT2D eigenvalue weighted by atomic mass is 35.5. The molecule has 0 spiro atoms. The lowest BCUT2D eigenvalue weighted by molar-refractivity contribution is -0.113. The summed E-state index contributed by atoms with van der Waals surface area (Å²) in [5, 5.41) is 7.11. The third-order valence-electron chi connectivity index (χ3n) is 3.79. The number of aryl methyl sites for hydroxylation is 1. The van der Waals surface area contributed by atoms with Crippen molar-refractivity contribution < 1.29 is 18.4 Å². The average molecular weight is 422 g/mol. The molecule has 0 saturated carbocycles. The number of hydrogen-bond acceptors (Lipinski definition) is 6. The van der Waals surface area contributed by atoms with Crippen LogP contribution in [-0.2, 0) is 10.5 Å². The fourth-order valence-corrected chi connectivity index (χ4v) is 3.18. The molecular weight excluding hydrogens is 405 g/mol. The molecule has 0 bridgehead atoms. The van der Waals surface area contributed by atoms with E-state index in [-0.39, 0.29) is 17.5 Å². The van der Waals surface area contributed by atoms with Gasteiger partial charge >= 0.3 is 0 Å². The highest BCUT2D eigenvalue weighted by molar-refractivity contribution is 7.99. The van der Waals surface area contributed by atoms with E-state index in [1.165, 1.54) is 24.9 Å². The SMILES string of the molecule is COc1ccc(Cl)cc1NC(=O)CSCc1nc(-c2ccc(C)c(F)c2)no1. The average Bonchev–Trinajstić information content (AvgIpc) is 3.13. The third kappa shape index (κ3) is 5.02. The molecule has 28 heavy (non-hydrogen) atoms. The van der Waals surface area contributed by atoms with Crippen molar-refractivity contribution in [2.24, 2.45) is 0 Å². The minimum atomic E-state index is -0.327. The number of rotatable bonds is 7. The predicted molar refractivity (Wildman–Crippen MR) is 107 cm³/mol. The largest absolute Gasteiger partial charge is 0.495 e. The van der Waals surface area contributed by atoms with E-state index in [1.54, 1.807) is 37.3 Å². The lowest BCUT2D eigenvalue weighted by atomic mass is 10.1. The van der Waals surface area contributed by atoms with Gasteiger partial charge in [-0.2, -0.15) is 4.98 Å². The Bertz CT molecular complexity index is 996. The molecule has 3 aromatic rings. The number of nitrogens with zero attached hydrogens (tertiary/aromatic N) is 2. The first-order valence-electron chi connectivity index (χ1n) is 8.26. The normalized spacial score (nSPS) is 10.7. The van der Waals surface area contributed by atoms with Gasteiger partial charge in [0.2, 0.25) is 17.6 Å². The molecular formula is C19H17ClFN3O3S. The molecule has 146 valence electrons. The number of amides is 1. The Morgan fingerprint density at radius 2 is 2.14 bits per heavy atom. The van der Waals surface area contributed by atoms with Crippen molar-refractivity contribution in [2.75, 3.05) is 18.2 Å². The number of benzene rings is 2. The van der Waals surface area contributed by atoms with Crippen molar-refractivity contribution in [2.45, 2.75) is 12.7 Å². The molecule has 1 aromatic heterocycles. The van der Waals surface area contributed by atoms with E-state index in [0.717, 1.165) is 0 Å². The first kappa shape index (κ1) is 20.2. The number of methoxy groups -OCH3 is 1. The Morgan fingerprint density at radius 1 is 1.32 bits per heavy atom. The number of nitrogens with one attached hydrogen (secondary N) is 1. The molecule has 0 aliphatic heterocycles. The van der Waals surface area contributed by atoms with E-state index >= 15 is 0 Å². The minimum absolute atomic E-state index is 0.173. The Kier molecular flexibility index (Phi) is 6.53. The Hall–Kier alpha value is -2.58. The highest BCUT2D eigenvalue weighted by Gasteiger charge is 2.12. The van der Waals surface area contributed by atoms with Crippen LogP contribution in [0.2, 0.25) is 5.02 Å². The Balaban J connectivity index is 1.54. The Morgan fingerprint density at radius 3 is 2.89 bits per heavy atom. The van der Waals surface area contributed by atoms with Gasteiger partial charge < -0.3 is 14.6 Å². The molecule has 0 unspecified atom stereocenters. The van der Waals surface area contributed by atoms with Gasteiger partial charge in [0.1, 0.15) is 11.6 Å². The first-order valence-corrected chi connectivity index (χ1v) is 9.80. The number of carbonyl (C=O) groups is 1. The molecule has 9 heteroatoms. The smallest absolute Gasteiger partial charge is 0.236 e. The summed E-state index contributed by atoms with van der Waals surface area (Å²) in [6.45, 7) is 1.68. The lowest BCUT2D eigenvalue weighted by Crippen LogP contribution is -2.14.